The van der Waals surface area contributed by atoms with Gasteiger partial charge in [-0.05, 0) is 26.3 Å². The highest BCUT2D eigenvalue weighted by Crippen LogP contribution is 2.22. The number of likely N-dealkylation sites (tertiary alicyclic amines) is 1. The molecular weight excluding hydrogens is 178 g/mol. The Bertz CT molecular complexity index is 231. The van der Waals surface area contributed by atoms with Gasteiger partial charge in [0.2, 0.25) is 5.91 Å². The molecule has 2 heterocycles. The maximum Gasteiger partial charge on any atom is 0.221 e. The number of primary amides is 1. The number of hydrogen-bond acceptors (Lipinski definition) is 3. The molecule has 0 bridgehead atoms. The molecule has 2 rings (SSSR count). The van der Waals surface area contributed by atoms with E-state index < -0.39 is 0 Å². The van der Waals surface area contributed by atoms with Crippen LogP contribution in [0.3, 0.4) is 0 Å². The molecule has 2 aliphatic heterocycles. The van der Waals surface area contributed by atoms with Crippen molar-refractivity contribution >= 4 is 5.91 Å². The zero-order chi connectivity index (χ0) is 10.1. The highest BCUT2D eigenvalue weighted by molar-refractivity contribution is 5.77. The molecule has 0 saturated carbocycles. The first kappa shape index (κ1) is 9.93. The van der Waals surface area contributed by atoms with E-state index in [-0.39, 0.29) is 11.8 Å². The number of hydrogen-bond donors (Lipinski definition) is 2. The van der Waals surface area contributed by atoms with E-state index in [0.29, 0.717) is 12.1 Å². The fraction of sp³-hybridized carbons (Fsp3) is 0.900. The van der Waals surface area contributed by atoms with Crippen molar-refractivity contribution in [2.75, 3.05) is 19.6 Å². The van der Waals surface area contributed by atoms with Crippen LogP contribution in [0.1, 0.15) is 19.8 Å². The molecule has 80 valence electrons. The summed E-state index contributed by atoms with van der Waals surface area (Å²) in [5.41, 5.74) is 5.30. The van der Waals surface area contributed by atoms with E-state index >= 15 is 0 Å². The summed E-state index contributed by atoms with van der Waals surface area (Å²) < 4.78 is 0. The van der Waals surface area contributed by atoms with E-state index in [1.165, 1.54) is 6.42 Å². The van der Waals surface area contributed by atoms with Crippen LogP contribution in [-0.2, 0) is 4.79 Å². The predicted octanol–water partition coefficient (Wildman–Crippen LogP) is -0.456. The Morgan fingerprint density at radius 3 is 2.86 bits per heavy atom. The highest BCUT2D eigenvalue weighted by Gasteiger charge is 2.33. The first-order valence-electron chi connectivity index (χ1n) is 5.43. The Kier molecular flexibility index (Phi) is 2.74. The molecule has 0 radical (unpaired) electrons. The van der Waals surface area contributed by atoms with Crippen LogP contribution in [0.2, 0.25) is 0 Å². The average molecular weight is 197 g/mol. The molecule has 4 heteroatoms. The minimum absolute atomic E-state index is 0.0888. The summed E-state index contributed by atoms with van der Waals surface area (Å²) in [5.74, 6) is -0.0441. The van der Waals surface area contributed by atoms with E-state index in [4.69, 9.17) is 5.73 Å². The van der Waals surface area contributed by atoms with Gasteiger partial charge in [-0.1, -0.05) is 0 Å². The van der Waals surface area contributed by atoms with Gasteiger partial charge < -0.3 is 11.1 Å². The zero-order valence-corrected chi connectivity index (χ0v) is 8.70. The molecule has 0 spiro atoms. The Morgan fingerprint density at radius 1 is 1.57 bits per heavy atom. The van der Waals surface area contributed by atoms with Crippen LogP contribution in [0.4, 0.5) is 0 Å². The second kappa shape index (κ2) is 3.87. The summed E-state index contributed by atoms with van der Waals surface area (Å²) in [7, 11) is 0. The standard InChI is InChI=1S/C10H19N3O/c1-7-4-9(5-12-7)13-3-2-8(6-13)10(11)14/h7-9,12H,2-6H2,1H3,(H2,11,14). The van der Waals surface area contributed by atoms with Crippen LogP contribution in [0.15, 0.2) is 0 Å². The van der Waals surface area contributed by atoms with Crippen molar-refractivity contribution in [2.24, 2.45) is 11.7 Å². The number of nitrogens with two attached hydrogens (primary N) is 1. The van der Waals surface area contributed by atoms with E-state index in [1.54, 1.807) is 0 Å². The highest BCUT2D eigenvalue weighted by atomic mass is 16.1. The molecule has 0 aromatic carbocycles. The summed E-state index contributed by atoms with van der Waals surface area (Å²) in [4.78, 5) is 13.4. The van der Waals surface area contributed by atoms with Crippen molar-refractivity contribution in [3.8, 4) is 0 Å². The molecule has 2 saturated heterocycles. The van der Waals surface area contributed by atoms with Gasteiger partial charge in [0.15, 0.2) is 0 Å². The maximum absolute atomic E-state index is 11.0. The third kappa shape index (κ3) is 1.91. The summed E-state index contributed by atoms with van der Waals surface area (Å²) in [6.45, 7) is 5.18. The van der Waals surface area contributed by atoms with Gasteiger partial charge in [0.1, 0.15) is 0 Å². The molecule has 2 aliphatic rings. The molecule has 0 aliphatic carbocycles. The fourth-order valence-corrected chi connectivity index (χ4v) is 2.54. The van der Waals surface area contributed by atoms with Crippen molar-refractivity contribution in [1.82, 2.24) is 10.2 Å². The van der Waals surface area contributed by atoms with Crippen LogP contribution >= 0.6 is 0 Å². The normalized spacial score (nSPS) is 39.1. The van der Waals surface area contributed by atoms with Crippen LogP contribution in [0.25, 0.3) is 0 Å². The Balaban J connectivity index is 1.86. The minimum atomic E-state index is -0.133. The van der Waals surface area contributed by atoms with Crippen LogP contribution in [0, 0.1) is 5.92 Å². The molecule has 1 amide bonds. The summed E-state index contributed by atoms with van der Waals surface area (Å²) in [5, 5.41) is 3.43. The second-order valence-electron chi connectivity index (χ2n) is 4.58. The number of rotatable bonds is 2. The minimum Gasteiger partial charge on any atom is -0.369 e. The van der Waals surface area contributed by atoms with Crippen LogP contribution in [0.5, 0.6) is 0 Å². The number of carbonyl (C=O) groups excluding carboxylic acids is 1. The van der Waals surface area contributed by atoms with Crippen molar-refractivity contribution in [1.29, 1.82) is 0 Å². The van der Waals surface area contributed by atoms with Crippen LogP contribution < -0.4 is 11.1 Å². The molecule has 4 nitrogen and oxygen atoms in total. The van der Waals surface area contributed by atoms with E-state index in [0.717, 1.165) is 26.1 Å². The largest absolute Gasteiger partial charge is 0.369 e. The van der Waals surface area contributed by atoms with Gasteiger partial charge >= 0.3 is 0 Å². The first-order chi connectivity index (χ1) is 6.66. The van der Waals surface area contributed by atoms with E-state index in [9.17, 15) is 4.79 Å². The molecule has 14 heavy (non-hydrogen) atoms. The van der Waals surface area contributed by atoms with Gasteiger partial charge in [0.25, 0.3) is 0 Å². The lowest BCUT2D eigenvalue weighted by atomic mass is 10.1. The zero-order valence-electron chi connectivity index (χ0n) is 8.70. The molecule has 3 unspecified atom stereocenters. The summed E-state index contributed by atoms with van der Waals surface area (Å²) in [6.07, 6.45) is 2.14. The van der Waals surface area contributed by atoms with Gasteiger partial charge in [-0.25, -0.2) is 0 Å². The van der Waals surface area contributed by atoms with Crippen molar-refractivity contribution in [3.63, 3.8) is 0 Å². The number of carbonyl (C=O) groups is 1. The fourth-order valence-electron chi connectivity index (χ4n) is 2.54. The molecule has 3 N–H and O–H groups in total. The number of amides is 1. The van der Waals surface area contributed by atoms with Gasteiger partial charge in [0.05, 0.1) is 5.92 Å². The van der Waals surface area contributed by atoms with E-state index in [1.807, 2.05) is 0 Å². The Labute approximate surface area is 84.8 Å². The lowest BCUT2D eigenvalue weighted by Crippen LogP contribution is -2.36. The molecule has 3 atom stereocenters. The van der Waals surface area contributed by atoms with Gasteiger partial charge in [0, 0.05) is 25.2 Å². The smallest absolute Gasteiger partial charge is 0.221 e. The molecule has 0 aromatic rings. The van der Waals surface area contributed by atoms with Crippen molar-refractivity contribution < 1.29 is 4.79 Å². The van der Waals surface area contributed by atoms with Crippen molar-refractivity contribution in [3.05, 3.63) is 0 Å². The SMILES string of the molecule is CC1CC(N2CCC(C(N)=O)C2)CN1. The van der Waals surface area contributed by atoms with Crippen LogP contribution in [-0.4, -0.2) is 42.5 Å². The average Bonchev–Trinajstić information content (AvgIpc) is 2.70. The van der Waals surface area contributed by atoms with Gasteiger partial charge in [-0.2, -0.15) is 0 Å². The molecule has 0 aromatic heterocycles. The molecular formula is C10H19N3O. The van der Waals surface area contributed by atoms with E-state index in [2.05, 4.69) is 17.1 Å². The Morgan fingerprint density at radius 2 is 2.36 bits per heavy atom. The maximum atomic E-state index is 11.0. The predicted molar refractivity (Wildman–Crippen MR) is 54.7 cm³/mol. The van der Waals surface area contributed by atoms with Gasteiger partial charge in [-0.15, -0.1) is 0 Å². The third-order valence-corrected chi connectivity index (χ3v) is 3.47. The summed E-state index contributed by atoms with van der Waals surface area (Å²) >= 11 is 0. The van der Waals surface area contributed by atoms with Gasteiger partial charge in [-0.3, -0.25) is 9.69 Å². The third-order valence-electron chi connectivity index (χ3n) is 3.47. The number of nitrogens with zero attached hydrogens (tertiary/aromatic N) is 1. The van der Waals surface area contributed by atoms with Crippen molar-refractivity contribution in [2.45, 2.75) is 31.8 Å². The lowest BCUT2D eigenvalue weighted by Gasteiger charge is -2.22. The first-order valence-corrected chi connectivity index (χ1v) is 5.43. The topological polar surface area (TPSA) is 58.4 Å². The second-order valence-corrected chi connectivity index (χ2v) is 4.58. The quantitative estimate of drug-likeness (QED) is 0.630. The monoisotopic (exact) mass is 197 g/mol. The lowest BCUT2D eigenvalue weighted by molar-refractivity contribution is -0.121. The summed E-state index contributed by atoms with van der Waals surface area (Å²) in [6, 6.07) is 1.24. The Hall–Kier alpha value is -0.610. The number of nitrogens with one attached hydrogen (secondary N) is 1. The molecule has 2 fully saturated rings.